The first-order chi connectivity index (χ1) is 12.8. The van der Waals surface area contributed by atoms with Gasteiger partial charge in [-0.25, -0.2) is 4.98 Å². The number of ether oxygens (including phenoxy) is 1. The van der Waals surface area contributed by atoms with E-state index in [0.29, 0.717) is 30.6 Å². The van der Waals surface area contributed by atoms with E-state index >= 15 is 0 Å². The molecule has 3 N–H and O–H groups in total. The number of benzene rings is 1. The van der Waals surface area contributed by atoms with Crippen molar-refractivity contribution in [2.24, 2.45) is 7.05 Å². The fraction of sp³-hybridized carbons (Fsp3) is 0.176. The van der Waals surface area contributed by atoms with Crippen LogP contribution in [0.3, 0.4) is 0 Å². The molecule has 0 saturated heterocycles. The second-order valence-electron chi connectivity index (χ2n) is 5.55. The number of nitrogens with one attached hydrogen (secondary N) is 3. The standard InChI is InChI=1S/C17H18N8O/c1-25-13(7-8-21-25)22-17-23-15(14-16(24-17)20-11-19-14)18-9-10-26-12-5-3-2-4-6-12/h2-8,11H,9-10H2,1H3,(H3,18,19,20,22,23,24). The van der Waals surface area contributed by atoms with E-state index < -0.39 is 0 Å². The molecule has 0 amide bonds. The van der Waals surface area contributed by atoms with Gasteiger partial charge in [-0.1, -0.05) is 18.2 Å². The molecule has 0 aliphatic heterocycles. The molecule has 0 aliphatic carbocycles. The van der Waals surface area contributed by atoms with Gasteiger partial charge in [0.1, 0.15) is 23.7 Å². The minimum atomic E-state index is 0.444. The van der Waals surface area contributed by atoms with E-state index in [1.54, 1.807) is 17.2 Å². The minimum Gasteiger partial charge on any atom is -0.492 e. The molecule has 0 atom stereocenters. The highest BCUT2D eigenvalue weighted by molar-refractivity contribution is 5.84. The van der Waals surface area contributed by atoms with Gasteiger partial charge in [0.2, 0.25) is 5.95 Å². The number of nitrogens with zero attached hydrogens (tertiary/aromatic N) is 5. The molecule has 4 aromatic rings. The van der Waals surface area contributed by atoms with Gasteiger partial charge in [0, 0.05) is 13.1 Å². The normalized spacial score (nSPS) is 10.8. The summed E-state index contributed by atoms with van der Waals surface area (Å²) < 4.78 is 7.40. The van der Waals surface area contributed by atoms with Crippen molar-refractivity contribution in [2.45, 2.75) is 0 Å². The number of aryl methyl sites for hydroxylation is 1. The number of H-pyrrole nitrogens is 1. The van der Waals surface area contributed by atoms with Crippen molar-refractivity contribution in [3.63, 3.8) is 0 Å². The van der Waals surface area contributed by atoms with Crippen LogP contribution >= 0.6 is 0 Å². The van der Waals surface area contributed by atoms with Crippen LogP contribution in [0.4, 0.5) is 17.6 Å². The van der Waals surface area contributed by atoms with Crippen LogP contribution in [0, 0.1) is 0 Å². The van der Waals surface area contributed by atoms with Crippen molar-refractivity contribution in [1.82, 2.24) is 29.7 Å². The van der Waals surface area contributed by atoms with Gasteiger partial charge in [0.15, 0.2) is 11.5 Å². The molecule has 0 spiro atoms. The lowest BCUT2D eigenvalue weighted by molar-refractivity contribution is 0.333. The summed E-state index contributed by atoms with van der Waals surface area (Å²) in [5.74, 6) is 2.73. The van der Waals surface area contributed by atoms with Gasteiger partial charge in [-0.05, 0) is 12.1 Å². The highest BCUT2D eigenvalue weighted by atomic mass is 16.5. The Morgan fingerprint density at radius 1 is 1.15 bits per heavy atom. The maximum atomic E-state index is 5.69. The zero-order valence-electron chi connectivity index (χ0n) is 14.2. The largest absolute Gasteiger partial charge is 0.492 e. The Kier molecular flexibility index (Phi) is 4.33. The number of para-hydroxylation sites is 1. The highest BCUT2D eigenvalue weighted by Crippen LogP contribution is 2.20. The van der Waals surface area contributed by atoms with E-state index in [4.69, 9.17) is 4.74 Å². The maximum absolute atomic E-state index is 5.69. The van der Waals surface area contributed by atoms with Crippen LogP contribution in [0.5, 0.6) is 5.75 Å². The fourth-order valence-corrected chi connectivity index (χ4v) is 2.48. The van der Waals surface area contributed by atoms with Gasteiger partial charge < -0.3 is 20.4 Å². The molecule has 3 heterocycles. The first-order valence-electron chi connectivity index (χ1n) is 8.17. The van der Waals surface area contributed by atoms with Crippen LogP contribution in [0.2, 0.25) is 0 Å². The van der Waals surface area contributed by atoms with Crippen LogP contribution in [-0.4, -0.2) is 42.9 Å². The molecule has 26 heavy (non-hydrogen) atoms. The number of aromatic amines is 1. The Balaban J connectivity index is 1.47. The Bertz CT molecular complexity index is 994. The molecule has 9 heteroatoms. The monoisotopic (exact) mass is 350 g/mol. The lowest BCUT2D eigenvalue weighted by Crippen LogP contribution is -2.13. The van der Waals surface area contributed by atoms with Gasteiger partial charge in [-0.15, -0.1) is 0 Å². The highest BCUT2D eigenvalue weighted by Gasteiger charge is 2.11. The van der Waals surface area contributed by atoms with E-state index in [-0.39, 0.29) is 0 Å². The van der Waals surface area contributed by atoms with E-state index in [2.05, 4.69) is 35.7 Å². The predicted molar refractivity (Wildman–Crippen MR) is 98.6 cm³/mol. The number of hydrogen-bond donors (Lipinski definition) is 3. The van der Waals surface area contributed by atoms with Crippen molar-refractivity contribution in [3.05, 3.63) is 48.9 Å². The number of rotatable bonds is 7. The van der Waals surface area contributed by atoms with Crippen LogP contribution in [0.1, 0.15) is 0 Å². The van der Waals surface area contributed by atoms with Gasteiger partial charge in [-0.3, -0.25) is 4.68 Å². The van der Waals surface area contributed by atoms with E-state index in [0.717, 1.165) is 17.1 Å². The first-order valence-corrected chi connectivity index (χ1v) is 8.17. The summed E-state index contributed by atoms with van der Waals surface area (Å²) in [7, 11) is 1.84. The Morgan fingerprint density at radius 3 is 2.85 bits per heavy atom. The average Bonchev–Trinajstić information content (AvgIpc) is 3.29. The van der Waals surface area contributed by atoms with Crippen molar-refractivity contribution in [1.29, 1.82) is 0 Å². The third-order valence-corrected chi connectivity index (χ3v) is 3.75. The predicted octanol–water partition coefficient (Wildman–Crippen LogP) is 2.32. The van der Waals surface area contributed by atoms with Crippen LogP contribution < -0.4 is 15.4 Å². The number of hydrogen-bond acceptors (Lipinski definition) is 7. The first kappa shape index (κ1) is 15.9. The molecule has 1 aromatic carbocycles. The molecule has 3 aromatic heterocycles. The summed E-state index contributed by atoms with van der Waals surface area (Å²) in [6.07, 6.45) is 3.30. The van der Waals surface area contributed by atoms with Gasteiger partial charge in [-0.2, -0.15) is 15.1 Å². The molecule has 132 valence electrons. The van der Waals surface area contributed by atoms with Crippen molar-refractivity contribution in [2.75, 3.05) is 23.8 Å². The van der Waals surface area contributed by atoms with E-state index in [1.807, 2.05) is 43.4 Å². The molecule has 4 rings (SSSR count). The minimum absolute atomic E-state index is 0.444. The molecule has 0 unspecified atom stereocenters. The molecule has 9 nitrogen and oxygen atoms in total. The third-order valence-electron chi connectivity index (χ3n) is 3.75. The summed E-state index contributed by atoms with van der Waals surface area (Å²) in [5.41, 5.74) is 1.33. The smallest absolute Gasteiger partial charge is 0.232 e. The molecule has 0 bridgehead atoms. The summed E-state index contributed by atoms with van der Waals surface area (Å²) in [6, 6.07) is 11.5. The number of imidazole rings is 1. The molecule has 0 saturated carbocycles. The topological polar surface area (TPSA) is 106 Å². The number of fused-ring (bicyclic) bond motifs is 1. The zero-order chi connectivity index (χ0) is 17.8. The summed E-state index contributed by atoms with van der Waals surface area (Å²) in [5, 5.41) is 10.5. The Labute approximate surface area is 149 Å². The lowest BCUT2D eigenvalue weighted by atomic mass is 10.3. The summed E-state index contributed by atoms with van der Waals surface area (Å²) >= 11 is 0. The molecule has 0 fully saturated rings. The second-order valence-corrected chi connectivity index (χ2v) is 5.55. The summed E-state index contributed by atoms with van der Waals surface area (Å²) in [4.78, 5) is 16.2. The second kappa shape index (κ2) is 7.09. The van der Waals surface area contributed by atoms with Gasteiger partial charge in [0.25, 0.3) is 0 Å². The van der Waals surface area contributed by atoms with Gasteiger partial charge >= 0.3 is 0 Å². The van der Waals surface area contributed by atoms with Crippen molar-refractivity contribution in [3.8, 4) is 5.75 Å². The Hall–Kier alpha value is -3.62. The van der Waals surface area contributed by atoms with Crippen molar-refractivity contribution < 1.29 is 4.74 Å². The summed E-state index contributed by atoms with van der Waals surface area (Å²) in [6.45, 7) is 1.10. The Morgan fingerprint density at radius 2 is 2.04 bits per heavy atom. The SMILES string of the molecule is Cn1nccc1Nc1nc(NCCOc2ccccc2)c2[nH]cnc2n1. The van der Waals surface area contributed by atoms with E-state index in [9.17, 15) is 0 Å². The molecule has 0 radical (unpaired) electrons. The van der Waals surface area contributed by atoms with Crippen LogP contribution in [0.25, 0.3) is 11.2 Å². The third kappa shape index (κ3) is 3.41. The van der Waals surface area contributed by atoms with E-state index in [1.165, 1.54) is 0 Å². The molecular formula is C17H18N8O. The maximum Gasteiger partial charge on any atom is 0.232 e. The lowest BCUT2D eigenvalue weighted by Gasteiger charge is -2.10. The van der Waals surface area contributed by atoms with Crippen LogP contribution in [0.15, 0.2) is 48.9 Å². The van der Waals surface area contributed by atoms with Gasteiger partial charge in [0.05, 0.1) is 19.1 Å². The fourth-order valence-electron chi connectivity index (χ4n) is 2.48. The zero-order valence-corrected chi connectivity index (χ0v) is 14.2. The number of aromatic nitrogens is 6. The van der Waals surface area contributed by atoms with Crippen LogP contribution in [-0.2, 0) is 7.05 Å². The average molecular weight is 350 g/mol. The molecular weight excluding hydrogens is 332 g/mol. The quantitative estimate of drug-likeness (QED) is 0.439. The van der Waals surface area contributed by atoms with Crippen molar-refractivity contribution >= 4 is 28.7 Å². The molecule has 0 aliphatic rings. The number of anilines is 3.